The van der Waals surface area contributed by atoms with Crippen LogP contribution < -0.4 is 0 Å². The highest BCUT2D eigenvalue weighted by Crippen LogP contribution is 2.36. The van der Waals surface area contributed by atoms with Gasteiger partial charge in [0.2, 0.25) is 0 Å². The van der Waals surface area contributed by atoms with Crippen molar-refractivity contribution >= 4 is 56.1 Å². The minimum atomic E-state index is 0.962. The number of hydrogen-bond acceptors (Lipinski definition) is 3. The fourth-order valence-electron chi connectivity index (χ4n) is 5.42. The zero-order valence-corrected chi connectivity index (χ0v) is 23.9. The van der Waals surface area contributed by atoms with Gasteiger partial charge in [0.15, 0.2) is 0 Å². The van der Waals surface area contributed by atoms with Crippen molar-refractivity contribution < 1.29 is 0 Å². The van der Waals surface area contributed by atoms with Crippen molar-refractivity contribution in [3.8, 4) is 22.3 Å². The van der Waals surface area contributed by atoms with Crippen LogP contribution >= 0.6 is 11.3 Å². The van der Waals surface area contributed by atoms with E-state index >= 15 is 0 Å². The Bertz CT molecular complexity index is 1870. The molecule has 0 radical (unpaired) electrons. The number of nitrogens with zero attached hydrogens (tertiary/aromatic N) is 2. The third-order valence-corrected chi connectivity index (χ3v) is 9.14. The van der Waals surface area contributed by atoms with Crippen LogP contribution in [-0.2, 0) is 0 Å². The topological polar surface area (TPSA) is 41.6 Å². The van der Waals surface area contributed by atoms with Gasteiger partial charge in [-0.25, -0.2) is 9.97 Å². The molecule has 7 rings (SSSR count). The van der Waals surface area contributed by atoms with Crippen molar-refractivity contribution in [1.29, 1.82) is 0 Å². The van der Waals surface area contributed by atoms with Gasteiger partial charge in [-0.05, 0) is 98.5 Å². The second-order valence-electron chi connectivity index (χ2n) is 10.6. The van der Waals surface area contributed by atoms with E-state index in [1.807, 2.05) is 0 Å². The van der Waals surface area contributed by atoms with Gasteiger partial charge >= 0.3 is 0 Å². The Morgan fingerprint density at radius 2 is 0.875 bits per heavy atom. The molecule has 0 unspecified atom stereocenters. The van der Waals surface area contributed by atoms with Gasteiger partial charge in [-0.3, -0.25) is 0 Å². The molecule has 3 nitrogen and oxygen atoms in total. The van der Waals surface area contributed by atoms with Gasteiger partial charge < -0.3 is 4.98 Å². The summed E-state index contributed by atoms with van der Waals surface area (Å²) < 4.78 is 2.45. The number of thiophene rings is 1. The zero-order valence-electron chi connectivity index (χ0n) is 23.0. The van der Waals surface area contributed by atoms with Crippen LogP contribution in [0.3, 0.4) is 0 Å². The molecule has 3 aromatic heterocycles. The van der Waals surface area contributed by atoms with Crippen LogP contribution in [0.5, 0.6) is 0 Å². The molecule has 8 bridgehead atoms. The minimum Gasteiger partial charge on any atom is -0.354 e. The maximum absolute atomic E-state index is 5.17. The highest BCUT2D eigenvalue weighted by atomic mass is 32.1. The van der Waals surface area contributed by atoms with Crippen molar-refractivity contribution in [2.45, 2.75) is 27.7 Å². The third-order valence-electron chi connectivity index (χ3n) is 7.81. The largest absolute Gasteiger partial charge is 0.354 e. The van der Waals surface area contributed by atoms with E-state index in [9.17, 15) is 0 Å². The number of nitrogens with one attached hydrogen (secondary N) is 1. The van der Waals surface area contributed by atoms with Crippen molar-refractivity contribution in [2.75, 3.05) is 0 Å². The Hall–Kier alpha value is -4.54. The fraction of sp³-hybridized carbons (Fsp3) is 0.111. The first-order valence-electron chi connectivity index (χ1n) is 13.6. The zero-order chi connectivity index (χ0) is 27.4. The van der Waals surface area contributed by atoms with E-state index in [-0.39, 0.29) is 0 Å². The van der Waals surface area contributed by atoms with Crippen molar-refractivity contribution in [3.05, 3.63) is 118 Å². The van der Waals surface area contributed by atoms with Crippen LogP contribution in [-0.4, -0.2) is 15.0 Å². The van der Waals surface area contributed by atoms with Crippen LogP contribution in [0.1, 0.15) is 45.0 Å². The van der Waals surface area contributed by atoms with Crippen LogP contribution in [0, 0.1) is 27.7 Å². The fourth-order valence-corrected chi connectivity index (χ4v) is 6.45. The Morgan fingerprint density at radius 1 is 0.475 bits per heavy atom. The molecule has 194 valence electrons. The number of hydrogen-bond donors (Lipinski definition) is 1. The molecule has 4 heteroatoms. The summed E-state index contributed by atoms with van der Waals surface area (Å²) in [7, 11) is 0. The quantitative estimate of drug-likeness (QED) is 0.239. The van der Waals surface area contributed by atoms with Crippen molar-refractivity contribution in [2.24, 2.45) is 0 Å². The van der Waals surface area contributed by atoms with Crippen LogP contribution in [0.2, 0.25) is 0 Å². The summed E-state index contributed by atoms with van der Waals surface area (Å²) in [5.74, 6) is 0. The molecule has 2 aliphatic rings. The van der Waals surface area contributed by atoms with Crippen LogP contribution in [0.4, 0.5) is 0 Å². The van der Waals surface area contributed by atoms with E-state index < -0.39 is 0 Å². The van der Waals surface area contributed by atoms with E-state index in [0.717, 1.165) is 56.1 Å². The molecular weight excluding hydrogens is 506 g/mol. The predicted molar refractivity (Wildman–Crippen MR) is 172 cm³/mol. The van der Waals surface area contributed by atoms with E-state index in [1.54, 1.807) is 11.3 Å². The molecule has 0 fully saturated rings. The molecule has 2 aromatic carbocycles. The monoisotopic (exact) mass is 535 g/mol. The summed E-state index contributed by atoms with van der Waals surface area (Å²) in [5, 5.41) is 0. The first-order chi connectivity index (χ1) is 19.4. The van der Waals surface area contributed by atoms with Gasteiger partial charge in [-0.1, -0.05) is 59.7 Å². The number of aromatic amines is 1. The Labute approximate surface area is 238 Å². The van der Waals surface area contributed by atoms with E-state index in [1.165, 1.54) is 31.7 Å². The van der Waals surface area contributed by atoms with Crippen molar-refractivity contribution in [3.63, 3.8) is 0 Å². The lowest BCUT2D eigenvalue weighted by Crippen LogP contribution is -1.88. The average molecular weight is 536 g/mol. The van der Waals surface area contributed by atoms with Crippen LogP contribution in [0.25, 0.3) is 67.0 Å². The summed E-state index contributed by atoms with van der Waals surface area (Å²) in [5.41, 5.74) is 15.3. The maximum Gasteiger partial charge on any atom is 0.0737 e. The third kappa shape index (κ3) is 4.21. The predicted octanol–water partition coefficient (Wildman–Crippen LogP) is 9.96. The molecule has 0 atom stereocenters. The number of fused-ring (bicyclic) bond motifs is 8. The van der Waals surface area contributed by atoms with Gasteiger partial charge in [0.25, 0.3) is 0 Å². The Kier molecular flexibility index (Phi) is 5.87. The molecule has 5 aromatic rings. The molecule has 40 heavy (non-hydrogen) atoms. The summed E-state index contributed by atoms with van der Waals surface area (Å²) in [4.78, 5) is 14.1. The van der Waals surface area contributed by atoms with E-state index in [2.05, 4.69) is 130 Å². The molecule has 0 amide bonds. The summed E-state index contributed by atoms with van der Waals surface area (Å²) >= 11 is 1.80. The van der Waals surface area contributed by atoms with Gasteiger partial charge in [0.1, 0.15) is 0 Å². The minimum absolute atomic E-state index is 0.962. The number of aryl methyl sites for hydroxylation is 4. The van der Waals surface area contributed by atoms with Gasteiger partial charge in [-0.15, -0.1) is 11.3 Å². The lowest BCUT2D eigenvalue weighted by Gasteiger charge is -2.06. The molecule has 1 N–H and O–H groups in total. The molecule has 0 saturated carbocycles. The van der Waals surface area contributed by atoms with Gasteiger partial charge in [0.05, 0.1) is 22.8 Å². The number of rotatable bonds is 2. The van der Waals surface area contributed by atoms with Crippen molar-refractivity contribution in [1.82, 2.24) is 15.0 Å². The number of H-pyrrole nitrogens is 1. The summed E-state index contributed by atoms with van der Waals surface area (Å²) in [6, 6.07) is 26.2. The first-order valence-corrected chi connectivity index (χ1v) is 14.4. The summed E-state index contributed by atoms with van der Waals surface area (Å²) in [6.07, 6.45) is 8.58. The normalized spacial score (nSPS) is 12.3. The first kappa shape index (κ1) is 24.5. The highest BCUT2D eigenvalue weighted by Gasteiger charge is 2.16. The van der Waals surface area contributed by atoms with E-state index in [4.69, 9.17) is 9.97 Å². The summed E-state index contributed by atoms with van der Waals surface area (Å²) in [6.45, 7) is 8.58. The second kappa shape index (κ2) is 9.58. The second-order valence-corrected chi connectivity index (χ2v) is 11.7. The maximum atomic E-state index is 5.17. The molecule has 5 heterocycles. The molecule has 0 aliphatic carbocycles. The SMILES string of the molecule is Cc1ccc(-c2c3nc(c(C)c4ccc(s4)c(C)c4nc(c(-c5ccc(C)cc5)c5ccc2[nH]5)C=C4)C=C3)cc1. The average Bonchev–Trinajstić information content (AvgIpc) is 3.78. The Morgan fingerprint density at radius 3 is 1.30 bits per heavy atom. The Balaban J connectivity index is 1.66. The smallest absolute Gasteiger partial charge is 0.0737 e. The van der Waals surface area contributed by atoms with Gasteiger partial charge in [-0.2, -0.15) is 0 Å². The lowest BCUT2D eigenvalue weighted by molar-refractivity contribution is 1.28. The molecular formula is C36H29N3S. The van der Waals surface area contributed by atoms with E-state index in [0.29, 0.717) is 0 Å². The molecule has 2 aliphatic heterocycles. The molecule has 0 spiro atoms. The lowest BCUT2D eigenvalue weighted by atomic mass is 10.0. The van der Waals surface area contributed by atoms with Gasteiger partial charge in [0, 0.05) is 31.6 Å². The highest BCUT2D eigenvalue weighted by molar-refractivity contribution is 7.23. The van der Waals surface area contributed by atoms with Crippen LogP contribution in [0.15, 0.2) is 72.8 Å². The molecule has 0 saturated heterocycles. The standard InChI is InChI=1S/C36H29N3S/c1-21-5-9-25(10-6-21)35-29-15-13-27(37-29)23(3)33-19-20-34(40-33)24(4)28-14-16-30(38-28)36(32-18-17-31(35)39-32)26-11-7-22(2)8-12-26/h5-20,39H,1-4H3. The number of aromatic nitrogens is 3. The number of benzene rings is 2.